The summed E-state index contributed by atoms with van der Waals surface area (Å²) in [6.07, 6.45) is 1.32. The van der Waals surface area contributed by atoms with Gasteiger partial charge in [0.05, 0.1) is 36.9 Å². The van der Waals surface area contributed by atoms with Crippen LogP contribution in [0.2, 0.25) is 0 Å². The van der Waals surface area contributed by atoms with Crippen molar-refractivity contribution in [3.8, 4) is 11.5 Å². The molecule has 0 saturated carbocycles. The van der Waals surface area contributed by atoms with Crippen molar-refractivity contribution in [1.29, 1.82) is 0 Å². The highest BCUT2D eigenvalue weighted by molar-refractivity contribution is 6.07. The summed E-state index contributed by atoms with van der Waals surface area (Å²) in [5.41, 5.74) is 2.70. The number of carboxylic acid groups (broad SMARTS) is 1. The maximum absolute atomic E-state index is 10.9. The molecule has 9 heteroatoms. The molecule has 0 saturated heterocycles. The minimum atomic E-state index is -1.03. The summed E-state index contributed by atoms with van der Waals surface area (Å²) in [6, 6.07) is 9.33. The smallest absolute Gasteiger partial charge is 0.371 e. The minimum Gasteiger partial charge on any atom is -0.496 e. The van der Waals surface area contributed by atoms with E-state index in [0.29, 0.717) is 28.0 Å². The Kier molecular flexibility index (Phi) is 6.12. The highest BCUT2D eigenvalue weighted by atomic mass is 16.5. The van der Waals surface area contributed by atoms with Crippen LogP contribution in [0.3, 0.4) is 0 Å². The topological polar surface area (TPSA) is 131 Å². The van der Waals surface area contributed by atoms with E-state index in [1.165, 1.54) is 38.7 Å². The Balaban J connectivity index is 0.000000254. The second kappa shape index (κ2) is 8.49. The van der Waals surface area contributed by atoms with Crippen LogP contribution in [0.1, 0.15) is 10.6 Å². The van der Waals surface area contributed by atoms with Crippen molar-refractivity contribution in [1.82, 2.24) is 0 Å². The first-order valence-electron chi connectivity index (χ1n) is 7.25. The van der Waals surface area contributed by atoms with Gasteiger partial charge in [-0.05, 0) is 41.6 Å². The van der Waals surface area contributed by atoms with Crippen molar-refractivity contribution in [3.63, 3.8) is 0 Å². The molecule has 0 radical (unpaired) electrons. The number of ether oxygens (including phenoxy) is 2. The molecule has 3 aromatic rings. The van der Waals surface area contributed by atoms with Crippen LogP contribution in [0.4, 0.5) is 11.4 Å². The van der Waals surface area contributed by atoms with E-state index in [2.05, 4.69) is 15.1 Å². The van der Waals surface area contributed by atoms with E-state index in [0.717, 1.165) is 0 Å². The molecule has 0 aliphatic heterocycles. The molecule has 0 spiro atoms. The van der Waals surface area contributed by atoms with E-state index < -0.39 is 5.97 Å². The van der Waals surface area contributed by atoms with Gasteiger partial charge in [0, 0.05) is 0 Å². The van der Waals surface area contributed by atoms with Crippen molar-refractivity contribution in [2.24, 2.45) is 5.18 Å². The second-order valence-corrected chi connectivity index (χ2v) is 4.84. The van der Waals surface area contributed by atoms with Gasteiger partial charge in [0.1, 0.15) is 17.2 Å². The number of rotatable bonds is 5. The largest absolute Gasteiger partial charge is 0.496 e. The summed E-state index contributed by atoms with van der Waals surface area (Å²) in [4.78, 5) is 20.8. The zero-order valence-electron chi connectivity index (χ0n) is 13.9. The SMILES string of the molecule is COc1ccc(OC)c2c(NO)ccc(N=O)c12.O=C(O)c1ccco1. The molecule has 9 nitrogen and oxygen atoms in total. The van der Waals surface area contributed by atoms with E-state index in [1.54, 1.807) is 18.2 Å². The number of fused-ring (bicyclic) bond motifs is 1. The van der Waals surface area contributed by atoms with Crippen LogP contribution in [0.25, 0.3) is 10.8 Å². The van der Waals surface area contributed by atoms with Crippen LogP contribution < -0.4 is 15.0 Å². The lowest BCUT2D eigenvalue weighted by Gasteiger charge is -2.13. The number of anilines is 1. The Bertz CT molecular complexity index is 897. The highest BCUT2D eigenvalue weighted by Crippen LogP contribution is 2.43. The molecular weight excluding hydrogens is 344 g/mol. The zero-order chi connectivity index (χ0) is 19.1. The molecule has 136 valence electrons. The molecule has 0 amide bonds. The monoisotopic (exact) mass is 360 g/mol. The standard InChI is InChI=1S/C12H12N2O4.C5H4O3/c1-17-9-5-6-10(18-2)12-8(14-16)4-3-7(13-15)11(9)12;6-5(7)4-2-1-3-8-4/h3-6,13,15H,1-2H3;1-3H,(H,6,7). The quantitative estimate of drug-likeness (QED) is 0.459. The van der Waals surface area contributed by atoms with Crippen molar-refractivity contribution in [3.05, 3.63) is 53.3 Å². The first kappa shape index (κ1) is 18.7. The molecular formula is C17H16N2O7. The van der Waals surface area contributed by atoms with E-state index >= 15 is 0 Å². The first-order valence-corrected chi connectivity index (χ1v) is 7.25. The molecule has 1 heterocycles. The molecule has 2 aromatic carbocycles. The third kappa shape index (κ3) is 3.73. The summed E-state index contributed by atoms with van der Waals surface area (Å²) in [7, 11) is 3.00. The van der Waals surface area contributed by atoms with Crippen LogP contribution in [0.5, 0.6) is 11.5 Å². The lowest BCUT2D eigenvalue weighted by atomic mass is 10.0. The Morgan fingerprint density at radius 2 is 1.73 bits per heavy atom. The van der Waals surface area contributed by atoms with Gasteiger partial charge in [0.2, 0.25) is 5.76 Å². The Morgan fingerprint density at radius 3 is 2.15 bits per heavy atom. The van der Waals surface area contributed by atoms with E-state index in [4.69, 9.17) is 19.8 Å². The number of hydrogen-bond donors (Lipinski definition) is 3. The first-order chi connectivity index (χ1) is 12.6. The van der Waals surface area contributed by atoms with Crippen molar-refractivity contribution < 1.29 is 29.0 Å². The summed E-state index contributed by atoms with van der Waals surface area (Å²) in [5.74, 6) is -0.0645. The molecule has 3 rings (SSSR count). The van der Waals surface area contributed by atoms with Crippen molar-refractivity contribution in [2.75, 3.05) is 19.7 Å². The van der Waals surface area contributed by atoms with Gasteiger partial charge >= 0.3 is 5.97 Å². The van der Waals surface area contributed by atoms with Crippen LogP contribution in [0, 0.1) is 4.91 Å². The number of nitrogens with one attached hydrogen (secondary N) is 1. The molecule has 26 heavy (non-hydrogen) atoms. The van der Waals surface area contributed by atoms with Gasteiger partial charge in [-0.25, -0.2) is 4.79 Å². The van der Waals surface area contributed by atoms with Gasteiger partial charge in [-0.3, -0.25) is 10.7 Å². The minimum absolute atomic E-state index is 0.0231. The summed E-state index contributed by atoms with van der Waals surface area (Å²) < 4.78 is 14.9. The van der Waals surface area contributed by atoms with Crippen LogP contribution in [0.15, 0.2) is 52.3 Å². The lowest BCUT2D eigenvalue weighted by molar-refractivity contribution is 0.0662. The van der Waals surface area contributed by atoms with Crippen LogP contribution >= 0.6 is 0 Å². The van der Waals surface area contributed by atoms with Gasteiger partial charge in [0.15, 0.2) is 0 Å². The Hall–Kier alpha value is -3.59. The van der Waals surface area contributed by atoms with Gasteiger partial charge in [-0.1, -0.05) is 0 Å². The van der Waals surface area contributed by atoms with Gasteiger partial charge in [0.25, 0.3) is 0 Å². The third-order valence-corrected chi connectivity index (χ3v) is 3.45. The molecule has 1 aromatic heterocycles. The van der Waals surface area contributed by atoms with Crippen LogP contribution in [-0.2, 0) is 0 Å². The summed E-state index contributed by atoms with van der Waals surface area (Å²) >= 11 is 0. The predicted molar refractivity (Wildman–Crippen MR) is 93.6 cm³/mol. The molecule has 0 aliphatic carbocycles. The summed E-state index contributed by atoms with van der Waals surface area (Å²) in [6.45, 7) is 0. The molecule has 0 fully saturated rings. The fourth-order valence-corrected chi connectivity index (χ4v) is 2.32. The average Bonchev–Trinajstić information content (AvgIpc) is 3.21. The maximum Gasteiger partial charge on any atom is 0.371 e. The predicted octanol–water partition coefficient (Wildman–Crippen LogP) is 4.03. The van der Waals surface area contributed by atoms with Crippen molar-refractivity contribution >= 4 is 28.1 Å². The van der Waals surface area contributed by atoms with Gasteiger partial charge < -0.3 is 19.0 Å². The second-order valence-electron chi connectivity index (χ2n) is 4.84. The van der Waals surface area contributed by atoms with E-state index in [9.17, 15) is 9.70 Å². The summed E-state index contributed by atoms with van der Waals surface area (Å²) in [5, 5.41) is 21.3. The molecule has 0 atom stereocenters. The average molecular weight is 360 g/mol. The van der Waals surface area contributed by atoms with Crippen LogP contribution in [-0.4, -0.2) is 30.5 Å². The van der Waals surface area contributed by atoms with Gasteiger partial charge in [-0.15, -0.1) is 4.91 Å². The maximum atomic E-state index is 10.9. The fourth-order valence-electron chi connectivity index (χ4n) is 2.32. The number of nitrogens with zero attached hydrogens (tertiary/aromatic N) is 1. The number of aromatic carboxylic acids is 1. The number of carboxylic acids is 1. The molecule has 0 aliphatic rings. The highest BCUT2D eigenvalue weighted by Gasteiger charge is 2.15. The van der Waals surface area contributed by atoms with E-state index in [-0.39, 0.29) is 11.4 Å². The lowest BCUT2D eigenvalue weighted by Crippen LogP contribution is -1.95. The number of benzene rings is 2. The number of nitroso groups, excluding NO2 is 1. The van der Waals surface area contributed by atoms with E-state index in [1.807, 2.05) is 0 Å². The molecule has 0 bridgehead atoms. The fraction of sp³-hybridized carbons (Fsp3) is 0.118. The van der Waals surface area contributed by atoms with Gasteiger partial charge in [-0.2, -0.15) is 0 Å². The Morgan fingerprint density at radius 1 is 1.08 bits per heavy atom. The Labute approximate surface area is 147 Å². The number of carbonyl (C=O) groups is 1. The normalized spacial score (nSPS) is 9.81. The molecule has 0 unspecified atom stereocenters. The zero-order valence-corrected chi connectivity index (χ0v) is 13.9. The number of hydrogen-bond acceptors (Lipinski definition) is 8. The molecule has 3 N–H and O–H groups in total. The third-order valence-electron chi connectivity index (χ3n) is 3.45. The number of methoxy groups -OCH3 is 2. The van der Waals surface area contributed by atoms with Crippen molar-refractivity contribution in [2.45, 2.75) is 0 Å². The number of furan rings is 1.